The number of hydrogen-bond donors (Lipinski definition) is 2. The van der Waals surface area contributed by atoms with Crippen LogP contribution < -0.4 is 11.1 Å². The van der Waals surface area contributed by atoms with E-state index >= 15 is 0 Å². The predicted octanol–water partition coefficient (Wildman–Crippen LogP) is 0.715. The fraction of sp³-hybridized carbons (Fsp3) is 0.429. The largest absolute Gasteiger partial charge is 0.393 e. The molecule has 0 aliphatic heterocycles. The number of thiocarbonyl (C=S) groups is 1. The first-order valence-corrected chi connectivity index (χ1v) is 5.24. The molecule has 0 saturated heterocycles. The number of hydrogen-bond acceptors (Lipinski definition) is 5. The Balaban J connectivity index is 2.51. The van der Waals surface area contributed by atoms with E-state index in [4.69, 9.17) is 5.73 Å². The van der Waals surface area contributed by atoms with Gasteiger partial charge in [0.2, 0.25) is 11.0 Å². The number of amides is 1. The molecule has 1 rings (SSSR count). The number of rotatable bonds is 4. The molecule has 1 heterocycles. The number of aryl methyl sites for hydroxylation is 1. The van der Waals surface area contributed by atoms with Crippen molar-refractivity contribution in [3.63, 3.8) is 0 Å². The van der Waals surface area contributed by atoms with Gasteiger partial charge in [-0.05, 0) is 6.42 Å². The second-order valence-electron chi connectivity index (χ2n) is 2.55. The van der Waals surface area contributed by atoms with E-state index in [1.807, 2.05) is 6.92 Å². The van der Waals surface area contributed by atoms with Gasteiger partial charge in [-0.1, -0.05) is 30.5 Å². The quantitative estimate of drug-likeness (QED) is 0.745. The van der Waals surface area contributed by atoms with Gasteiger partial charge in [0.1, 0.15) is 5.01 Å². The van der Waals surface area contributed by atoms with Crippen LogP contribution >= 0.6 is 23.6 Å². The minimum absolute atomic E-state index is 0.0381. The molecular formula is C7H10N4OS2. The van der Waals surface area contributed by atoms with Gasteiger partial charge in [-0.2, -0.15) is 0 Å². The SMILES string of the molecule is CCc1nnc(NC(=O)CC(N)=S)s1. The predicted molar refractivity (Wildman–Crippen MR) is 59.3 cm³/mol. The first kappa shape index (κ1) is 11.0. The van der Waals surface area contributed by atoms with Crippen LogP contribution in [0.2, 0.25) is 0 Å². The van der Waals surface area contributed by atoms with Crippen LogP contribution in [0.4, 0.5) is 5.13 Å². The molecule has 0 radical (unpaired) electrons. The van der Waals surface area contributed by atoms with Crippen LogP contribution in [0.1, 0.15) is 18.4 Å². The van der Waals surface area contributed by atoms with Crippen LogP contribution in [0.3, 0.4) is 0 Å². The molecule has 0 bridgehead atoms. The minimum Gasteiger partial charge on any atom is -0.393 e. The van der Waals surface area contributed by atoms with Crippen molar-refractivity contribution in [1.82, 2.24) is 10.2 Å². The van der Waals surface area contributed by atoms with Crippen LogP contribution in [0.15, 0.2) is 0 Å². The van der Waals surface area contributed by atoms with Crippen LogP contribution in [0.25, 0.3) is 0 Å². The summed E-state index contributed by atoms with van der Waals surface area (Å²) in [5.41, 5.74) is 5.22. The molecule has 0 saturated carbocycles. The maximum absolute atomic E-state index is 11.2. The van der Waals surface area contributed by atoms with Gasteiger partial charge in [-0.25, -0.2) is 0 Å². The molecule has 1 amide bonds. The second kappa shape index (κ2) is 4.97. The van der Waals surface area contributed by atoms with Crippen molar-refractivity contribution in [2.75, 3.05) is 5.32 Å². The number of carbonyl (C=O) groups is 1. The van der Waals surface area contributed by atoms with E-state index in [-0.39, 0.29) is 17.3 Å². The van der Waals surface area contributed by atoms with Gasteiger partial charge < -0.3 is 11.1 Å². The zero-order valence-electron chi connectivity index (χ0n) is 7.61. The molecule has 14 heavy (non-hydrogen) atoms. The van der Waals surface area contributed by atoms with E-state index in [0.29, 0.717) is 5.13 Å². The first-order valence-electron chi connectivity index (χ1n) is 4.02. The molecule has 1 aromatic heterocycles. The normalized spacial score (nSPS) is 9.79. The Kier molecular flexibility index (Phi) is 3.90. The number of carbonyl (C=O) groups excluding carboxylic acids is 1. The summed E-state index contributed by atoms with van der Waals surface area (Å²) >= 11 is 5.95. The standard InChI is InChI=1S/C7H10N4OS2/c1-2-6-10-11-7(14-6)9-5(12)3-4(8)13/h2-3H2,1H3,(H2,8,13)(H,9,11,12). The Hall–Kier alpha value is -1.08. The number of nitrogens with one attached hydrogen (secondary N) is 1. The van der Waals surface area contributed by atoms with Crippen molar-refractivity contribution in [3.05, 3.63) is 5.01 Å². The molecule has 0 aromatic carbocycles. The lowest BCUT2D eigenvalue weighted by Crippen LogP contribution is -2.19. The molecule has 0 atom stereocenters. The Morgan fingerprint density at radius 3 is 2.86 bits per heavy atom. The minimum atomic E-state index is -0.253. The summed E-state index contributed by atoms with van der Waals surface area (Å²) in [4.78, 5) is 11.3. The smallest absolute Gasteiger partial charge is 0.233 e. The summed E-state index contributed by atoms with van der Waals surface area (Å²) in [6.07, 6.45) is 0.846. The van der Waals surface area contributed by atoms with Crippen molar-refractivity contribution < 1.29 is 4.79 Å². The lowest BCUT2D eigenvalue weighted by atomic mass is 10.4. The highest BCUT2D eigenvalue weighted by Gasteiger charge is 2.07. The van der Waals surface area contributed by atoms with Crippen molar-refractivity contribution in [2.24, 2.45) is 5.73 Å². The van der Waals surface area contributed by atoms with Crippen LogP contribution in [-0.2, 0) is 11.2 Å². The molecule has 0 aliphatic carbocycles. The monoisotopic (exact) mass is 230 g/mol. The molecule has 0 spiro atoms. The highest BCUT2D eigenvalue weighted by Crippen LogP contribution is 2.15. The zero-order chi connectivity index (χ0) is 10.6. The number of aromatic nitrogens is 2. The summed E-state index contributed by atoms with van der Waals surface area (Å²) in [5.74, 6) is -0.253. The zero-order valence-corrected chi connectivity index (χ0v) is 9.24. The second-order valence-corrected chi connectivity index (χ2v) is 4.13. The van der Waals surface area contributed by atoms with Gasteiger partial charge in [-0.15, -0.1) is 10.2 Å². The lowest BCUT2D eigenvalue weighted by Gasteiger charge is -1.97. The third kappa shape index (κ3) is 3.35. The third-order valence-electron chi connectivity index (χ3n) is 1.35. The molecule has 0 unspecified atom stereocenters. The van der Waals surface area contributed by atoms with E-state index in [2.05, 4.69) is 27.7 Å². The Morgan fingerprint density at radius 2 is 2.36 bits per heavy atom. The van der Waals surface area contributed by atoms with E-state index in [1.165, 1.54) is 11.3 Å². The van der Waals surface area contributed by atoms with Gasteiger partial charge in [0, 0.05) is 0 Å². The van der Waals surface area contributed by atoms with E-state index in [0.717, 1.165) is 11.4 Å². The Bertz CT molecular complexity index is 349. The molecule has 3 N–H and O–H groups in total. The van der Waals surface area contributed by atoms with E-state index < -0.39 is 0 Å². The third-order valence-corrected chi connectivity index (χ3v) is 2.48. The molecule has 0 aliphatic rings. The summed E-state index contributed by atoms with van der Waals surface area (Å²) < 4.78 is 0. The summed E-state index contributed by atoms with van der Waals surface area (Å²) in [5, 5.41) is 11.6. The highest BCUT2D eigenvalue weighted by atomic mass is 32.1. The molecule has 7 heteroatoms. The number of anilines is 1. The fourth-order valence-corrected chi connectivity index (χ4v) is 1.60. The van der Waals surface area contributed by atoms with Crippen molar-refractivity contribution in [2.45, 2.75) is 19.8 Å². The molecule has 5 nitrogen and oxygen atoms in total. The Morgan fingerprint density at radius 1 is 1.64 bits per heavy atom. The van der Waals surface area contributed by atoms with E-state index in [9.17, 15) is 4.79 Å². The van der Waals surface area contributed by atoms with Crippen LogP contribution in [-0.4, -0.2) is 21.1 Å². The van der Waals surface area contributed by atoms with Gasteiger partial charge >= 0.3 is 0 Å². The summed E-state index contributed by atoms with van der Waals surface area (Å²) in [6, 6.07) is 0. The molecule has 76 valence electrons. The summed E-state index contributed by atoms with van der Waals surface area (Å²) in [7, 11) is 0. The number of nitrogens with two attached hydrogens (primary N) is 1. The van der Waals surface area contributed by atoms with Crippen LogP contribution in [0.5, 0.6) is 0 Å². The van der Waals surface area contributed by atoms with Crippen molar-refractivity contribution in [1.29, 1.82) is 0 Å². The fourth-order valence-electron chi connectivity index (χ4n) is 0.769. The van der Waals surface area contributed by atoms with Gasteiger partial charge in [0.15, 0.2) is 0 Å². The van der Waals surface area contributed by atoms with Gasteiger partial charge in [0.25, 0.3) is 0 Å². The maximum Gasteiger partial charge on any atom is 0.233 e. The molecule has 0 fully saturated rings. The van der Waals surface area contributed by atoms with Crippen molar-refractivity contribution >= 4 is 39.6 Å². The summed E-state index contributed by atoms with van der Waals surface area (Å²) in [6.45, 7) is 1.97. The molecular weight excluding hydrogens is 220 g/mol. The average molecular weight is 230 g/mol. The van der Waals surface area contributed by atoms with Gasteiger partial charge in [0.05, 0.1) is 11.4 Å². The highest BCUT2D eigenvalue weighted by molar-refractivity contribution is 7.80. The Labute approximate surface area is 90.7 Å². The van der Waals surface area contributed by atoms with Crippen LogP contribution in [0, 0.1) is 0 Å². The molecule has 1 aromatic rings. The average Bonchev–Trinajstić information content (AvgIpc) is 2.50. The maximum atomic E-state index is 11.2. The topological polar surface area (TPSA) is 80.9 Å². The van der Waals surface area contributed by atoms with E-state index in [1.54, 1.807) is 0 Å². The van der Waals surface area contributed by atoms with Crippen molar-refractivity contribution in [3.8, 4) is 0 Å². The first-order chi connectivity index (χ1) is 6.61. The lowest BCUT2D eigenvalue weighted by molar-refractivity contribution is -0.115. The number of nitrogens with zero attached hydrogens (tertiary/aromatic N) is 2. The van der Waals surface area contributed by atoms with Gasteiger partial charge in [-0.3, -0.25) is 4.79 Å².